The average Bonchev–Trinajstić information content (AvgIpc) is 2.21. The van der Waals surface area contributed by atoms with Crippen molar-refractivity contribution in [2.24, 2.45) is 5.41 Å². The van der Waals surface area contributed by atoms with Crippen LogP contribution in [0.4, 0.5) is 13.2 Å². The minimum absolute atomic E-state index is 0.135. The van der Waals surface area contributed by atoms with E-state index in [1.807, 2.05) is 0 Å². The first-order valence-electron chi connectivity index (χ1n) is 6.55. The van der Waals surface area contributed by atoms with Crippen LogP contribution in [-0.4, -0.2) is 6.54 Å². The molecule has 1 aliphatic heterocycles. The van der Waals surface area contributed by atoms with Gasteiger partial charge in [0.25, 0.3) is 0 Å². The molecule has 1 unspecified atom stereocenters. The third-order valence-corrected chi connectivity index (χ3v) is 3.61. The second-order valence-corrected chi connectivity index (χ2v) is 6.57. The van der Waals surface area contributed by atoms with Gasteiger partial charge in [-0.2, -0.15) is 13.2 Å². The second kappa shape index (κ2) is 4.51. The van der Waals surface area contributed by atoms with Crippen LogP contribution in [0, 0.1) is 5.41 Å². The fourth-order valence-electron chi connectivity index (χ4n) is 2.81. The van der Waals surface area contributed by atoms with Gasteiger partial charge in [0.1, 0.15) is 0 Å². The Morgan fingerprint density at radius 2 is 1.63 bits per heavy atom. The van der Waals surface area contributed by atoms with E-state index in [2.05, 4.69) is 26.1 Å². The fraction of sp³-hybridized carbons (Fsp3) is 0.600. The van der Waals surface area contributed by atoms with E-state index in [0.29, 0.717) is 0 Å². The molecule has 1 fully saturated rings. The topological polar surface area (TPSA) is 12.0 Å². The van der Waals surface area contributed by atoms with Crippen molar-refractivity contribution >= 4 is 0 Å². The molecule has 0 aromatic heterocycles. The molecule has 0 amide bonds. The van der Waals surface area contributed by atoms with Gasteiger partial charge in [-0.15, -0.1) is 0 Å². The van der Waals surface area contributed by atoms with Crippen molar-refractivity contribution in [2.75, 3.05) is 6.54 Å². The smallest absolute Gasteiger partial charge is 0.307 e. The maximum atomic E-state index is 12.6. The Labute approximate surface area is 112 Å². The Bertz CT molecular complexity index is 436. The number of benzene rings is 1. The predicted octanol–water partition coefficient (Wildman–Crippen LogP) is 4.33. The predicted molar refractivity (Wildman–Crippen MR) is 69.8 cm³/mol. The Morgan fingerprint density at radius 3 is 1.95 bits per heavy atom. The molecule has 19 heavy (non-hydrogen) atoms. The molecule has 2 rings (SSSR count). The largest absolute Gasteiger partial charge is 0.416 e. The van der Waals surface area contributed by atoms with E-state index in [0.717, 1.165) is 24.9 Å². The van der Waals surface area contributed by atoms with Gasteiger partial charge < -0.3 is 5.32 Å². The number of nitrogens with one attached hydrogen (secondary N) is 1. The number of alkyl halides is 3. The van der Waals surface area contributed by atoms with Crippen molar-refractivity contribution in [1.29, 1.82) is 0 Å². The van der Waals surface area contributed by atoms with E-state index in [-0.39, 0.29) is 11.0 Å². The summed E-state index contributed by atoms with van der Waals surface area (Å²) in [6.07, 6.45) is -2.36. The van der Waals surface area contributed by atoms with Crippen molar-refractivity contribution in [2.45, 2.75) is 45.3 Å². The molecule has 0 bridgehead atoms. The molecule has 1 atom stereocenters. The first-order valence-corrected chi connectivity index (χ1v) is 6.55. The molecular formula is C15H20F3N. The molecule has 1 aromatic rings. The van der Waals surface area contributed by atoms with Crippen LogP contribution in [0.3, 0.4) is 0 Å². The van der Waals surface area contributed by atoms with E-state index in [4.69, 9.17) is 0 Å². The van der Waals surface area contributed by atoms with Crippen LogP contribution in [-0.2, 0) is 11.7 Å². The zero-order chi connectivity index (χ0) is 14.3. The first-order chi connectivity index (χ1) is 8.62. The summed E-state index contributed by atoms with van der Waals surface area (Å²) in [6, 6.07) is 5.58. The van der Waals surface area contributed by atoms with Crippen LogP contribution in [0.2, 0.25) is 0 Å². The molecule has 0 aliphatic carbocycles. The van der Waals surface area contributed by atoms with Crippen molar-refractivity contribution in [3.8, 4) is 0 Å². The second-order valence-electron chi connectivity index (χ2n) is 6.57. The van der Waals surface area contributed by atoms with E-state index >= 15 is 0 Å². The van der Waals surface area contributed by atoms with Gasteiger partial charge in [0, 0.05) is 5.54 Å². The highest BCUT2D eigenvalue weighted by Gasteiger charge is 2.41. The molecule has 1 heterocycles. The molecule has 1 saturated heterocycles. The third kappa shape index (κ3) is 3.11. The van der Waals surface area contributed by atoms with Gasteiger partial charge in [-0.1, -0.05) is 32.9 Å². The Balaban J connectivity index is 2.25. The molecule has 4 heteroatoms. The van der Waals surface area contributed by atoms with Gasteiger partial charge in [0.15, 0.2) is 0 Å². The molecule has 106 valence electrons. The standard InChI is InChI=1S/C15H20F3N/c1-13(2,3)10-14(8-9-19-14)11-4-6-12(7-5-11)15(16,17)18/h4-7,19H,8-10H2,1-3H3. The van der Waals surface area contributed by atoms with Gasteiger partial charge in [-0.3, -0.25) is 0 Å². The van der Waals surface area contributed by atoms with Crippen LogP contribution in [0.1, 0.15) is 44.7 Å². The van der Waals surface area contributed by atoms with Crippen molar-refractivity contribution < 1.29 is 13.2 Å². The third-order valence-electron chi connectivity index (χ3n) is 3.61. The van der Waals surface area contributed by atoms with Gasteiger partial charge in [0.2, 0.25) is 0 Å². The van der Waals surface area contributed by atoms with Crippen molar-refractivity contribution in [3.63, 3.8) is 0 Å². The summed E-state index contributed by atoms with van der Waals surface area (Å²) >= 11 is 0. The Morgan fingerprint density at radius 1 is 1.11 bits per heavy atom. The summed E-state index contributed by atoms with van der Waals surface area (Å²) < 4.78 is 37.7. The van der Waals surface area contributed by atoms with E-state index in [9.17, 15) is 13.2 Å². The molecule has 0 radical (unpaired) electrons. The van der Waals surface area contributed by atoms with Crippen LogP contribution < -0.4 is 5.32 Å². The van der Waals surface area contributed by atoms with Gasteiger partial charge in [-0.05, 0) is 42.5 Å². The molecule has 1 nitrogen and oxygen atoms in total. The SMILES string of the molecule is CC(C)(C)CC1(c2ccc(C(F)(F)F)cc2)CCN1. The Kier molecular flexibility index (Phi) is 3.42. The summed E-state index contributed by atoms with van der Waals surface area (Å²) in [5, 5.41) is 3.41. The van der Waals surface area contributed by atoms with Gasteiger partial charge in [-0.25, -0.2) is 0 Å². The summed E-state index contributed by atoms with van der Waals surface area (Å²) in [5.74, 6) is 0. The van der Waals surface area contributed by atoms with Crippen LogP contribution >= 0.6 is 0 Å². The minimum Gasteiger partial charge on any atom is -0.307 e. The highest BCUT2D eigenvalue weighted by Crippen LogP contribution is 2.42. The van der Waals surface area contributed by atoms with Gasteiger partial charge >= 0.3 is 6.18 Å². The number of hydrogen-bond donors (Lipinski definition) is 1. The Hall–Kier alpha value is -1.03. The number of rotatable bonds is 2. The molecular weight excluding hydrogens is 251 g/mol. The molecule has 0 saturated carbocycles. The lowest BCUT2D eigenvalue weighted by atomic mass is 9.70. The maximum Gasteiger partial charge on any atom is 0.416 e. The molecule has 1 aliphatic rings. The minimum atomic E-state index is -4.26. The molecule has 1 aromatic carbocycles. The zero-order valence-corrected chi connectivity index (χ0v) is 11.6. The lowest BCUT2D eigenvalue weighted by Crippen LogP contribution is -2.55. The lowest BCUT2D eigenvalue weighted by molar-refractivity contribution is -0.137. The fourth-order valence-corrected chi connectivity index (χ4v) is 2.81. The average molecular weight is 271 g/mol. The van der Waals surface area contributed by atoms with Crippen LogP contribution in [0.15, 0.2) is 24.3 Å². The monoisotopic (exact) mass is 271 g/mol. The number of halogens is 3. The molecule has 1 N–H and O–H groups in total. The van der Waals surface area contributed by atoms with Crippen molar-refractivity contribution in [1.82, 2.24) is 5.32 Å². The van der Waals surface area contributed by atoms with E-state index in [1.165, 1.54) is 12.1 Å². The van der Waals surface area contributed by atoms with Crippen LogP contribution in [0.25, 0.3) is 0 Å². The quantitative estimate of drug-likeness (QED) is 0.844. The summed E-state index contributed by atoms with van der Waals surface area (Å²) in [7, 11) is 0. The van der Waals surface area contributed by atoms with Crippen LogP contribution in [0.5, 0.6) is 0 Å². The maximum absolute atomic E-state index is 12.6. The van der Waals surface area contributed by atoms with Crippen molar-refractivity contribution in [3.05, 3.63) is 35.4 Å². The van der Waals surface area contributed by atoms with Gasteiger partial charge in [0.05, 0.1) is 5.56 Å². The summed E-state index contributed by atoms with van der Waals surface area (Å²) in [5.41, 5.74) is 0.363. The zero-order valence-electron chi connectivity index (χ0n) is 11.6. The lowest BCUT2D eigenvalue weighted by Gasteiger charge is -2.47. The highest BCUT2D eigenvalue weighted by atomic mass is 19.4. The first kappa shape index (κ1) is 14.4. The van der Waals surface area contributed by atoms with E-state index < -0.39 is 11.7 Å². The summed E-state index contributed by atoms with van der Waals surface area (Å²) in [6.45, 7) is 7.38. The molecule has 0 spiro atoms. The normalized spacial score (nSPS) is 24.1. The highest BCUT2D eigenvalue weighted by molar-refractivity contribution is 5.32. The van der Waals surface area contributed by atoms with E-state index in [1.54, 1.807) is 12.1 Å². The summed E-state index contributed by atoms with van der Waals surface area (Å²) in [4.78, 5) is 0. The number of hydrogen-bond acceptors (Lipinski definition) is 1.